The van der Waals surface area contributed by atoms with Crippen molar-refractivity contribution in [2.24, 2.45) is 0 Å². The number of hydrogen-bond acceptors (Lipinski definition) is 7. The third-order valence-electron chi connectivity index (χ3n) is 2.40. The van der Waals surface area contributed by atoms with Gasteiger partial charge in [-0.3, -0.25) is 9.36 Å². The summed E-state index contributed by atoms with van der Waals surface area (Å²) in [4.78, 5) is 23.2. The van der Waals surface area contributed by atoms with Gasteiger partial charge in [-0.15, -0.1) is 0 Å². The summed E-state index contributed by atoms with van der Waals surface area (Å²) in [6.07, 6.45) is -0.560. The molecule has 1 rings (SSSR count). The summed E-state index contributed by atoms with van der Waals surface area (Å²) in [5, 5.41) is 0. The second-order valence-electron chi connectivity index (χ2n) is 3.60. The fourth-order valence-corrected chi connectivity index (χ4v) is 2.14. The van der Waals surface area contributed by atoms with Crippen LogP contribution in [0.1, 0.15) is 10.4 Å². The monoisotopic (exact) mass is 302 g/mol. The van der Waals surface area contributed by atoms with Crippen LogP contribution in [0.2, 0.25) is 0 Å². The van der Waals surface area contributed by atoms with Crippen molar-refractivity contribution in [1.29, 1.82) is 0 Å². The van der Waals surface area contributed by atoms with Crippen molar-refractivity contribution < 1.29 is 32.7 Å². The van der Waals surface area contributed by atoms with Gasteiger partial charge in [0.2, 0.25) is 0 Å². The highest BCUT2D eigenvalue weighted by Gasteiger charge is 2.27. The molecular weight excluding hydrogens is 287 g/mol. The lowest BCUT2D eigenvalue weighted by Crippen LogP contribution is -2.16. The normalized spacial score (nSPS) is 10.9. The molecule has 0 fully saturated rings. The molecular formula is C12H15O7P. The Morgan fingerprint density at radius 2 is 1.70 bits per heavy atom. The highest BCUT2D eigenvalue weighted by Crippen LogP contribution is 2.46. The van der Waals surface area contributed by atoms with E-state index in [-0.39, 0.29) is 11.3 Å². The van der Waals surface area contributed by atoms with Crippen LogP contribution in [0.25, 0.3) is 0 Å². The summed E-state index contributed by atoms with van der Waals surface area (Å²) in [6.45, 7) is 0. The summed E-state index contributed by atoms with van der Waals surface area (Å²) < 4.78 is 30.6. The van der Waals surface area contributed by atoms with Crippen molar-refractivity contribution >= 4 is 19.5 Å². The number of esters is 2. The van der Waals surface area contributed by atoms with Crippen LogP contribution in [0.4, 0.5) is 0 Å². The quantitative estimate of drug-likeness (QED) is 0.450. The predicted molar refractivity (Wildman–Crippen MR) is 69.9 cm³/mol. The summed E-state index contributed by atoms with van der Waals surface area (Å²) in [5.74, 6) is -1.47. The Labute approximate surface area is 116 Å². The average Bonchev–Trinajstić information content (AvgIpc) is 2.46. The molecule has 0 unspecified atom stereocenters. The van der Waals surface area contributed by atoms with E-state index in [1.165, 1.54) is 33.5 Å². The average molecular weight is 302 g/mol. The Hall–Kier alpha value is -1.69. The number of ether oxygens (including phenoxy) is 2. The lowest BCUT2D eigenvalue weighted by atomic mass is 10.2. The van der Waals surface area contributed by atoms with Crippen LogP contribution in [-0.2, 0) is 23.1 Å². The molecule has 0 heterocycles. The van der Waals surface area contributed by atoms with Gasteiger partial charge in [0.1, 0.15) is 17.5 Å². The molecule has 1 aromatic carbocycles. The van der Waals surface area contributed by atoms with E-state index in [9.17, 15) is 14.2 Å². The molecule has 0 aromatic heterocycles. The van der Waals surface area contributed by atoms with Crippen LogP contribution in [0, 0.1) is 0 Å². The topological polar surface area (TPSA) is 88.1 Å². The number of benzene rings is 1. The molecule has 0 aliphatic heterocycles. The molecule has 0 N–H and O–H groups in total. The summed E-state index contributed by atoms with van der Waals surface area (Å²) in [7, 11) is 0.0358. The van der Waals surface area contributed by atoms with Crippen LogP contribution in [-0.4, -0.2) is 39.4 Å². The van der Waals surface area contributed by atoms with Crippen LogP contribution in [0.5, 0.6) is 5.75 Å². The highest BCUT2D eigenvalue weighted by molar-refractivity contribution is 7.54. The van der Waals surface area contributed by atoms with Crippen molar-refractivity contribution in [3.8, 4) is 5.75 Å². The molecule has 7 nitrogen and oxygen atoms in total. The maximum absolute atomic E-state index is 11.8. The zero-order chi connectivity index (χ0) is 15.2. The summed E-state index contributed by atoms with van der Waals surface area (Å²) >= 11 is 0. The number of rotatable bonds is 6. The van der Waals surface area contributed by atoms with E-state index < -0.39 is 25.7 Å². The number of methoxy groups -OCH3 is 1. The first kappa shape index (κ1) is 16.4. The first-order valence-corrected chi connectivity index (χ1v) is 7.27. The Kier molecular flexibility index (Phi) is 5.88. The van der Waals surface area contributed by atoms with E-state index in [1.54, 1.807) is 12.1 Å². The summed E-state index contributed by atoms with van der Waals surface area (Å²) in [5.41, 5.74) is 0.0908. The van der Waals surface area contributed by atoms with Crippen molar-refractivity contribution in [3.05, 3.63) is 29.8 Å². The number of para-hydroxylation sites is 1. The molecule has 0 spiro atoms. The number of carbonyl (C=O) groups is 2. The van der Waals surface area contributed by atoms with Gasteiger partial charge in [-0.1, -0.05) is 12.1 Å². The summed E-state index contributed by atoms with van der Waals surface area (Å²) in [6, 6.07) is 6.05. The second-order valence-corrected chi connectivity index (χ2v) is 5.86. The molecule has 20 heavy (non-hydrogen) atoms. The first-order valence-electron chi connectivity index (χ1n) is 5.54. The molecule has 0 saturated heterocycles. The second kappa shape index (κ2) is 7.19. The van der Waals surface area contributed by atoms with Gasteiger partial charge in [0, 0.05) is 14.2 Å². The third kappa shape index (κ3) is 4.16. The lowest BCUT2D eigenvalue weighted by molar-refractivity contribution is -0.131. The van der Waals surface area contributed by atoms with Gasteiger partial charge in [-0.05, 0) is 12.1 Å². The first-order chi connectivity index (χ1) is 9.45. The van der Waals surface area contributed by atoms with Crippen LogP contribution < -0.4 is 4.74 Å². The zero-order valence-electron chi connectivity index (χ0n) is 11.3. The van der Waals surface area contributed by atoms with Gasteiger partial charge in [-0.2, -0.15) is 0 Å². The van der Waals surface area contributed by atoms with Crippen molar-refractivity contribution in [3.63, 3.8) is 0 Å². The van der Waals surface area contributed by atoms with Crippen molar-refractivity contribution in [2.45, 2.75) is 0 Å². The molecule has 0 aliphatic carbocycles. The maximum atomic E-state index is 11.8. The molecule has 0 saturated carbocycles. The van der Waals surface area contributed by atoms with Gasteiger partial charge in [0.05, 0.1) is 7.11 Å². The van der Waals surface area contributed by atoms with Crippen LogP contribution in [0.3, 0.4) is 0 Å². The molecule has 110 valence electrons. The van der Waals surface area contributed by atoms with Gasteiger partial charge < -0.3 is 18.5 Å². The largest absolute Gasteiger partial charge is 0.465 e. The number of hydrogen-bond donors (Lipinski definition) is 0. The fraction of sp³-hybridized carbons (Fsp3) is 0.333. The minimum absolute atomic E-state index is 0.0168. The van der Waals surface area contributed by atoms with Gasteiger partial charge in [0.25, 0.3) is 0 Å². The molecule has 1 aromatic rings. The molecule has 0 bridgehead atoms. The van der Waals surface area contributed by atoms with Crippen LogP contribution >= 0.6 is 7.60 Å². The van der Waals surface area contributed by atoms with Crippen molar-refractivity contribution in [2.75, 3.05) is 27.5 Å². The van der Waals surface area contributed by atoms with Gasteiger partial charge in [-0.25, -0.2) is 4.79 Å². The van der Waals surface area contributed by atoms with Gasteiger partial charge >= 0.3 is 19.5 Å². The third-order valence-corrected chi connectivity index (χ3v) is 4.15. The van der Waals surface area contributed by atoms with Gasteiger partial charge in [0.15, 0.2) is 0 Å². The minimum atomic E-state index is -3.51. The highest BCUT2D eigenvalue weighted by atomic mass is 31.2. The Morgan fingerprint density at radius 3 is 2.25 bits per heavy atom. The Morgan fingerprint density at radius 1 is 1.10 bits per heavy atom. The number of carbonyl (C=O) groups excluding carboxylic acids is 2. The van der Waals surface area contributed by atoms with E-state index in [1.807, 2.05) is 0 Å². The maximum Gasteiger partial charge on any atom is 0.341 e. The predicted octanol–water partition coefficient (Wildman–Crippen LogP) is 1.86. The molecule has 0 amide bonds. The Bertz CT molecular complexity index is 532. The van der Waals surface area contributed by atoms with E-state index in [4.69, 9.17) is 4.74 Å². The Balaban J connectivity index is 2.86. The smallest absolute Gasteiger partial charge is 0.341 e. The molecule has 0 atom stereocenters. The van der Waals surface area contributed by atoms with Crippen molar-refractivity contribution in [1.82, 2.24) is 0 Å². The fourth-order valence-electron chi connectivity index (χ4n) is 1.35. The van der Waals surface area contributed by atoms with E-state index in [0.717, 1.165) is 0 Å². The molecule has 8 heteroatoms. The van der Waals surface area contributed by atoms with E-state index in [0.29, 0.717) is 0 Å². The minimum Gasteiger partial charge on any atom is -0.465 e. The molecule has 0 aliphatic rings. The SMILES string of the molecule is COC(=O)c1ccccc1OC(=O)CP(=O)(OC)OC. The molecule has 0 radical (unpaired) electrons. The van der Waals surface area contributed by atoms with E-state index >= 15 is 0 Å². The van der Waals surface area contributed by atoms with Crippen LogP contribution in [0.15, 0.2) is 24.3 Å². The zero-order valence-corrected chi connectivity index (χ0v) is 12.2. The van der Waals surface area contributed by atoms with E-state index in [2.05, 4.69) is 13.8 Å². The standard InChI is InChI=1S/C12H15O7P/c1-16-12(14)9-6-4-5-7-10(9)19-11(13)8-20(15,17-2)18-3/h4-7H,8H2,1-3H3. The lowest BCUT2D eigenvalue weighted by Gasteiger charge is -2.13.